The van der Waals surface area contributed by atoms with E-state index in [1.807, 2.05) is 18.2 Å². The standard InChI is InChI=1S/C17H24O/c1-17(2,3)14-9-11-15(16(18)12-10-14)13-7-5-4-6-8-13/h4-8,14-15H,9-12H2,1-3H3/t14-,15+/m0/s1. The minimum Gasteiger partial charge on any atom is -0.299 e. The van der Waals surface area contributed by atoms with Crippen LogP contribution in [0.2, 0.25) is 0 Å². The molecule has 1 saturated carbocycles. The van der Waals surface area contributed by atoms with E-state index in [1.165, 1.54) is 12.0 Å². The monoisotopic (exact) mass is 244 g/mol. The van der Waals surface area contributed by atoms with Crippen molar-refractivity contribution in [3.63, 3.8) is 0 Å². The third kappa shape index (κ3) is 3.01. The van der Waals surface area contributed by atoms with Crippen molar-refractivity contribution in [2.24, 2.45) is 11.3 Å². The number of carbonyl (C=O) groups excluding carboxylic acids is 1. The minimum absolute atomic E-state index is 0.138. The van der Waals surface area contributed by atoms with Crippen LogP contribution in [0.3, 0.4) is 0 Å². The molecule has 0 aromatic heterocycles. The first-order valence-corrected chi connectivity index (χ1v) is 7.06. The van der Waals surface area contributed by atoms with Crippen LogP contribution in [0.4, 0.5) is 0 Å². The summed E-state index contributed by atoms with van der Waals surface area (Å²) in [4.78, 5) is 12.3. The van der Waals surface area contributed by atoms with Crippen molar-refractivity contribution in [1.29, 1.82) is 0 Å². The zero-order valence-electron chi connectivity index (χ0n) is 11.8. The summed E-state index contributed by atoms with van der Waals surface area (Å²) in [6, 6.07) is 10.3. The summed E-state index contributed by atoms with van der Waals surface area (Å²) in [5.41, 5.74) is 1.53. The molecule has 1 aliphatic carbocycles. The molecule has 1 fully saturated rings. The van der Waals surface area contributed by atoms with E-state index in [0.29, 0.717) is 17.1 Å². The highest BCUT2D eigenvalue weighted by Gasteiger charge is 2.31. The second-order valence-electron chi connectivity index (χ2n) is 6.61. The molecular formula is C17H24O. The van der Waals surface area contributed by atoms with Gasteiger partial charge in [0.15, 0.2) is 0 Å². The highest BCUT2D eigenvalue weighted by molar-refractivity contribution is 5.85. The third-order valence-electron chi connectivity index (χ3n) is 4.36. The first-order valence-electron chi connectivity index (χ1n) is 7.06. The highest BCUT2D eigenvalue weighted by atomic mass is 16.1. The fourth-order valence-electron chi connectivity index (χ4n) is 3.07. The maximum absolute atomic E-state index is 12.3. The average molecular weight is 244 g/mol. The van der Waals surface area contributed by atoms with Gasteiger partial charge in [-0.25, -0.2) is 0 Å². The van der Waals surface area contributed by atoms with E-state index in [2.05, 4.69) is 32.9 Å². The van der Waals surface area contributed by atoms with E-state index in [0.717, 1.165) is 19.3 Å². The molecular weight excluding hydrogens is 220 g/mol. The molecule has 18 heavy (non-hydrogen) atoms. The summed E-state index contributed by atoms with van der Waals surface area (Å²) < 4.78 is 0. The Morgan fingerprint density at radius 3 is 2.28 bits per heavy atom. The van der Waals surface area contributed by atoms with E-state index in [4.69, 9.17) is 0 Å². The number of rotatable bonds is 1. The molecule has 2 rings (SSSR count). The Morgan fingerprint density at radius 2 is 1.67 bits per heavy atom. The molecule has 98 valence electrons. The molecule has 0 spiro atoms. The molecule has 0 heterocycles. The zero-order valence-corrected chi connectivity index (χ0v) is 11.8. The maximum atomic E-state index is 12.3. The van der Waals surface area contributed by atoms with Gasteiger partial charge in [0.05, 0.1) is 0 Å². The molecule has 2 atom stereocenters. The van der Waals surface area contributed by atoms with Crippen molar-refractivity contribution in [2.75, 3.05) is 0 Å². The van der Waals surface area contributed by atoms with Crippen LogP contribution in [0.5, 0.6) is 0 Å². The molecule has 0 radical (unpaired) electrons. The quantitative estimate of drug-likeness (QED) is 0.661. The number of Topliss-reactive ketones (excluding diaryl/α,β-unsaturated/α-hetero) is 1. The van der Waals surface area contributed by atoms with Gasteiger partial charge in [0.1, 0.15) is 5.78 Å². The van der Waals surface area contributed by atoms with Gasteiger partial charge in [-0.1, -0.05) is 51.1 Å². The van der Waals surface area contributed by atoms with Crippen LogP contribution < -0.4 is 0 Å². The van der Waals surface area contributed by atoms with Crippen molar-refractivity contribution in [2.45, 2.75) is 52.4 Å². The molecule has 1 aliphatic rings. The molecule has 0 bridgehead atoms. The van der Waals surface area contributed by atoms with Gasteiger partial charge >= 0.3 is 0 Å². The number of hydrogen-bond donors (Lipinski definition) is 0. The normalized spacial score (nSPS) is 25.8. The fourth-order valence-corrected chi connectivity index (χ4v) is 3.07. The fraction of sp³-hybridized carbons (Fsp3) is 0.588. The topological polar surface area (TPSA) is 17.1 Å². The number of hydrogen-bond acceptors (Lipinski definition) is 1. The maximum Gasteiger partial charge on any atom is 0.140 e. The first kappa shape index (κ1) is 13.3. The minimum atomic E-state index is 0.138. The number of benzene rings is 1. The first-order chi connectivity index (χ1) is 8.48. The molecule has 0 N–H and O–H groups in total. The number of ketones is 1. The molecule has 1 nitrogen and oxygen atoms in total. The van der Waals surface area contributed by atoms with Crippen LogP contribution >= 0.6 is 0 Å². The lowest BCUT2D eigenvalue weighted by Gasteiger charge is -2.29. The largest absolute Gasteiger partial charge is 0.299 e. The van der Waals surface area contributed by atoms with Crippen molar-refractivity contribution in [1.82, 2.24) is 0 Å². The molecule has 1 aromatic carbocycles. The van der Waals surface area contributed by atoms with Gasteiger partial charge in [0.25, 0.3) is 0 Å². The van der Waals surface area contributed by atoms with Gasteiger partial charge < -0.3 is 0 Å². The van der Waals surface area contributed by atoms with Crippen molar-refractivity contribution < 1.29 is 4.79 Å². The van der Waals surface area contributed by atoms with Crippen molar-refractivity contribution >= 4 is 5.78 Å². The summed E-state index contributed by atoms with van der Waals surface area (Å²) in [5.74, 6) is 1.25. The van der Waals surface area contributed by atoms with Gasteiger partial charge in [-0.2, -0.15) is 0 Å². The summed E-state index contributed by atoms with van der Waals surface area (Å²) in [6.07, 6.45) is 4.01. The average Bonchev–Trinajstić information content (AvgIpc) is 2.52. The Labute approximate surface area is 111 Å². The van der Waals surface area contributed by atoms with Crippen LogP contribution in [0.25, 0.3) is 0 Å². The van der Waals surface area contributed by atoms with Crippen LogP contribution in [-0.2, 0) is 4.79 Å². The Kier molecular flexibility index (Phi) is 3.89. The van der Waals surface area contributed by atoms with Crippen LogP contribution in [0.15, 0.2) is 30.3 Å². The second-order valence-corrected chi connectivity index (χ2v) is 6.61. The van der Waals surface area contributed by atoms with E-state index < -0.39 is 0 Å². The molecule has 1 aromatic rings. The van der Waals surface area contributed by atoms with Crippen LogP contribution in [0.1, 0.15) is 57.9 Å². The molecule has 0 aliphatic heterocycles. The lowest BCUT2D eigenvalue weighted by Crippen LogP contribution is -2.19. The Balaban J connectivity index is 2.13. The zero-order chi connectivity index (χ0) is 13.2. The van der Waals surface area contributed by atoms with Gasteiger partial charge in [0.2, 0.25) is 0 Å². The molecule has 0 saturated heterocycles. The van der Waals surface area contributed by atoms with E-state index >= 15 is 0 Å². The van der Waals surface area contributed by atoms with Crippen LogP contribution in [-0.4, -0.2) is 5.78 Å². The van der Waals surface area contributed by atoms with E-state index in [9.17, 15) is 4.79 Å². The van der Waals surface area contributed by atoms with Crippen molar-refractivity contribution in [3.8, 4) is 0 Å². The smallest absolute Gasteiger partial charge is 0.140 e. The predicted molar refractivity (Wildman–Crippen MR) is 75.6 cm³/mol. The van der Waals surface area contributed by atoms with Crippen molar-refractivity contribution in [3.05, 3.63) is 35.9 Å². The Hall–Kier alpha value is -1.11. The Bertz CT molecular complexity index is 399. The van der Waals surface area contributed by atoms with Gasteiger partial charge in [-0.3, -0.25) is 4.79 Å². The summed E-state index contributed by atoms with van der Waals surface area (Å²) in [7, 11) is 0. The number of carbonyl (C=O) groups is 1. The molecule has 0 amide bonds. The molecule has 1 heteroatoms. The van der Waals surface area contributed by atoms with Crippen LogP contribution in [0, 0.1) is 11.3 Å². The van der Waals surface area contributed by atoms with Gasteiger partial charge in [-0.15, -0.1) is 0 Å². The Morgan fingerprint density at radius 1 is 1.00 bits per heavy atom. The van der Waals surface area contributed by atoms with E-state index in [1.54, 1.807) is 0 Å². The summed E-state index contributed by atoms with van der Waals surface area (Å²) in [6.45, 7) is 6.89. The SMILES string of the molecule is CC(C)(C)[C@@H]1CCC(=O)[C@@H](c2ccccc2)CC1. The summed E-state index contributed by atoms with van der Waals surface area (Å²) >= 11 is 0. The molecule has 0 unspecified atom stereocenters. The lowest BCUT2D eigenvalue weighted by molar-refractivity contribution is -0.120. The third-order valence-corrected chi connectivity index (χ3v) is 4.36. The van der Waals surface area contributed by atoms with Gasteiger partial charge in [0, 0.05) is 12.3 Å². The highest BCUT2D eigenvalue weighted by Crippen LogP contribution is 2.39. The lowest BCUT2D eigenvalue weighted by atomic mass is 9.76. The predicted octanol–water partition coefficient (Wildman–Crippen LogP) is 4.58. The van der Waals surface area contributed by atoms with E-state index in [-0.39, 0.29) is 5.92 Å². The summed E-state index contributed by atoms with van der Waals surface area (Å²) in [5, 5.41) is 0. The second kappa shape index (κ2) is 5.26. The van der Waals surface area contributed by atoms with Gasteiger partial charge in [-0.05, 0) is 36.2 Å².